The van der Waals surface area contributed by atoms with E-state index in [2.05, 4.69) is 14.1 Å². The standard InChI is InChI=1S/C18H23N5O4S2/c24-16(22-8-1-2-9-22)12-19-18(25)13-6-10-23(11-7-13)29(26,27)15-5-3-4-14-17(15)21-28-20-14/h3-5,13H,1-2,6-12H2,(H,19,25). The Morgan fingerprint density at radius 2 is 1.83 bits per heavy atom. The molecule has 2 aliphatic rings. The van der Waals surface area contributed by atoms with Crippen molar-refractivity contribution in [3.05, 3.63) is 18.2 Å². The molecule has 1 aromatic heterocycles. The molecule has 0 spiro atoms. The number of carbonyl (C=O) groups is 2. The monoisotopic (exact) mass is 437 g/mol. The molecule has 3 heterocycles. The summed E-state index contributed by atoms with van der Waals surface area (Å²) >= 11 is 0.984. The normalized spacial score (nSPS) is 19.0. The molecule has 9 nitrogen and oxygen atoms in total. The van der Waals surface area contributed by atoms with E-state index in [4.69, 9.17) is 0 Å². The second-order valence-electron chi connectivity index (χ2n) is 7.37. The molecule has 1 N–H and O–H groups in total. The number of amides is 2. The molecule has 0 aliphatic carbocycles. The van der Waals surface area contributed by atoms with E-state index in [-0.39, 0.29) is 42.3 Å². The minimum atomic E-state index is -3.70. The van der Waals surface area contributed by atoms with Gasteiger partial charge in [-0.3, -0.25) is 9.59 Å². The Balaban J connectivity index is 1.34. The summed E-state index contributed by atoms with van der Waals surface area (Å²) in [6, 6.07) is 4.94. The van der Waals surface area contributed by atoms with E-state index in [0.717, 1.165) is 37.7 Å². The van der Waals surface area contributed by atoms with Crippen LogP contribution in [0, 0.1) is 5.92 Å². The highest BCUT2D eigenvalue weighted by atomic mass is 32.2. The number of hydrogen-bond donors (Lipinski definition) is 1. The lowest BCUT2D eigenvalue weighted by atomic mass is 9.97. The first kappa shape index (κ1) is 20.2. The van der Waals surface area contributed by atoms with Crippen LogP contribution in [-0.4, -0.2) is 70.9 Å². The minimum Gasteiger partial charge on any atom is -0.347 e. The third-order valence-electron chi connectivity index (χ3n) is 5.56. The molecular weight excluding hydrogens is 414 g/mol. The first-order chi connectivity index (χ1) is 14.0. The largest absolute Gasteiger partial charge is 0.347 e. The Bertz CT molecular complexity index is 1010. The predicted molar refractivity (Wildman–Crippen MR) is 108 cm³/mol. The number of rotatable bonds is 5. The van der Waals surface area contributed by atoms with Gasteiger partial charge in [0.15, 0.2) is 0 Å². The van der Waals surface area contributed by atoms with Gasteiger partial charge < -0.3 is 10.2 Å². The van der Waals surface area contributed by atoms with Gasteiger partial charge in [-0.1, -0.05) is 6.07 Å². The SMILES string of the molecule is O=C(NCC(=O)N1CCCC1)C1CCN(S(=O)(=O)c2cccc3nsnc23)CC1. The van der Waals surface area contributed by atoms with Crippen LogP contribution in [-0.2, 0) is 19.6 Å². The van der Waals surface area contributed by atoms with Gasteiger partial charge in [-0.2, -0.15) is 13.1 Å². The number of carbonyl (C=O) groups excluding carboxylic acids is 2. The summed E-state index contributed by atoms with van der Waals surface area (Å²) in [6.45, 7) is 2.04. The zero-order valence-electron chi connectivity index (χ0n) is 15.9. The highest BCUT2D eigenvalue weighted by Gasteiger charge is 2.33. The van der Waals surface area contributed by atoms with Gasteiger partial charge in [0.1, 0.15) is 15.9 Å². The number of aromatic nitrogens is 2. The fourth-order valence-corrected chi connectivity index (χ4v) is 6.09. The molecule has 2 saturated heterocycles. The maximum Gasteiger partial charge on any atom is 0.245 e. The Hall–Kier alpha value is -2.11. The fourth-order valence-electron chi connectivity index (χ4n) is 3.87. The van der Waals surface area contributed by atoms with Gasteiger partial charge >= 0.3 is 0 Å². The fraction of sp³-hybridized carbons (Fsp3) is 0.556. The van der Waals surface area contributed by atoms with Crippen molar-refractivity contribution in [3.63, 3.8) is 0 Å². The molecule has 2 fully saturated rings. The van der Waals surface area contributed by atoms with Crippen LogP contribution in [0.1, 0.15) is 25.7 Å². The third kappa shape index (κ3) is 4.12. The molecule has 156 valence electrons. The topological polar surface area (TPSA) is 113 Å². The summed E-state index contributed by atoms with van der Waals surface area (Å²) in [5.74, 6) is -0.522. The zero-order chi connectivity index (χ0) is 20.4. The average Bonchev–Trinajstić information content (AvgIpc) is 3.43. The van der Waals surface area contributed by atoms with E-state index >= 15 is 0 Å². The molecule has 2 amide bonds. The number of nitrogens with zero attached hydrogens (tertiary/aromatic N) is 4. The van der Waals surface area contributed by atoms with Crippen molar-refractivity contribution in [1.82, 2.24) is 23.3 Å². The van der Waals surface area contributed by atoms with Crippen LogP contribution in [0.5, 0.6) is 0 Å². The van der Waals surface area contributed by atoms with E-state index in [9.17, 15) is 18.0 Å². The first-order valence-electron chi connectivity index (χ1n) is 9.74. The molecule has 0 atom stereocenters. The number of likely N-dealkylation sites (tertiary alicyclic amines) is 1. The van der Waals surface area contributed by atoms with Crippen LogP contribution in [0.4, 0.5) is 0 Å². The maximum atomic E-state index is 13.0. The van der Waals surface area contributed by atoms with Gasteiger partial charge in [-0.25, -0.2) is 8.42 Å². The lowest BCUT2D eigenvalue weighted by Crippen LogP contribution is -2.45. The molecule has 0 saturated carbocycles. The molecular formula is C18H23N5O4S2. The van der Waals surface area contributed by atoms with Crippen molar-refractivity contribution in [2.75, 3.05) is 32.7 Å². The Labute approximate surface area is 173 Å². The molecule has 1 aromatic carbocycles. The van der Waals surface area contributed by atoms with Crippen molar-refractivity contribution in [1.29, 1.82) is 0 Å². The first-order valence-corrected chi connectivity index (χ1v) is 11.9. The zero-order valence-corrected chi connectivity index (χ0v) is 17.5. The smallest absolute Gasteiger partial charge is 0.245 e. The summed E-state index contributed by atoms with van der Waals surface area (Å²) in [6.07, 6.45) is 2.87. The highest BCUT2D eigenvalue weighted by Crippen LogP contribution is 2.28. The van der Waals surface area contributed by atoms with Crippen molar-refractivity contribution in [3.8, 4) is 0 Å². The molecule has 2 aliphatic heterocycles. The molecule has 29 heavy (non-hydrogen) atoms. The maximum absolute atomic E-state index is 13.0. The van der Waals surface area contributed by atoms with Gasteiger partial charge in [-0.05, 0) is 37.8 Å². The lowest BCUT2D eigenvalue weighted by Gasteiger charge is -2.30. The van der Waals surface area contributed by atoms with Gasteiger partial charge in [0.25, 0.3) is 0 Å². The number of nitrogens with one attached hydrogen (secondary N) is 1. The molecule has 4 rings (SSSR count). The van der Waals surface area contributed by atoms with Gasteiger partial charge in [-0.15, -0.1) is 0 Å². The lowest BCUT2D eigenvalue weighted by molar-refractivity contribution is -0.133. The second-order valence-corrected chi connectivity index (χ2v) is 9.81. The third-order valence-corrected chi connectivity index (χ3v) is 8.04. The number of hydrogen-bond acceptors (Lipinski definition) is 7. The molecule has 11 heteroatoms. The molecule has 0 radical (unpaired) electrons. The van der Waals surface area contributed by atoms with Crippen LogP contribution in [0.3, 0.4) is 0 Å². The summed E-state index contributed by atoms with van der Waals surface area (Å²) < 4.78 is 35.7. The van der Waals surface area contributed by atoms with Gasteiger partial charge in [0.05, 0.1) is 18.3 Å². The Morgan fingerprint density at radius 1 is 1.10 bits per heavy atom. The van der Waals surface area contributed by atoms with E-state index in [0.29, 0.717) is 23.9 Å². The number of sulfonamides is 1. The molecule has 0 bridgehead atoms. The van der Waals surface area contributed by atoms with Crippen LogP contribution >= 0.6 is 11.7 Å². The number of fused-ring (bicyclic) bond motifs is 1. The average molecular weight is 438 g/mol. The summed E-state index contributed by atoms with van der Waals surface area (Å²) in [5.41, 5.74) is 0.950. The minimum absolute atomic E-state index is 0.0101. The van der Waals surface area contributed by atoms with Crippen molar-refractivity contribution < 1.29 is 18.0 Å². The summed E-state index contributed by atoms with van der Waals surface area (Å²) in [4.78, 5) is 26.4. The summed E-state index contributed by atoms with van der Waals surface area (Å²) in [7, 11) is -3.70. The predicted octanol–water partition coefficient (Wildman–Crippen LogP) is 0.831. The quantitative estimate of drug-likeness (QED) is 0.741. The van der Waals surface area contributed by atoms with Gasteiger partial charge in [0.2, 0.25) is 21.8 Å². The Kier molecular flexibility index (Phi) is 5.79. The van der Waals surface area contributed by atoms with E-state index in [1.54, 1.807) is 23.1 Å². The van der Waals surface area contributed by atoms with Crippen LogP contribution in [0.25, 0.3) is 11.0 Å². The molecule has 2 aromatic rings. The van der Waals surface area contributed by atoms with E-state index in [1.165, 1.54) is 4.31 Å². The van der Waals surface area contributed by atoms with Crippen molar-refractivity contribution in [2.24, 2.45) is 5.92 Å². The van der Waals surface area contributed by atoms with Crippen LogP contribution < -0.4 is 5.32 Å². The number of piperidine rings is 1. The van der Waals surface area contributed by atoms with E-state index < -0.39 is 10.0 Å². The Morgan fingerprint density at radius 3 is 2.55 bits per heavy atom. The highest BCUT2D eigenvalue weighted by molar-refractivity contribution is 7.89. The van der Waals surface area contributed by atoms with Gasteiger partial charge in [0, 0.05) is 32.1 Å². The van der Waals surface area contributed by atoms with E-state index in [1.807, 2.05) is 0 Å². The summed E-state index contributed by atoms with van der Waals surface area (Å²) in [5, 5.41) is 2.72. The van der Waals surface area contributed by atoms with Crippen molar-refractivity contribution >= 4 is 44.6 Å². The van der Waals surface area contributed by atoms with Crippen LogP contribution in [0.2, 0.25) is 0 Å². The van der Waals surface area contributed by atoms with Crippen molar-refractivity contribution in [2.45, 2.75) is 30.6 Å². The van der Waals surface area contributed by atoms with Crippen LogP contribution in [0.15, 0.2) is 23.1 Å². The number of benzene rings is 1. The second kappa shape index (κ2) is 8.33. The molecule has 0 unspecified atom stereocenters.